The van der Waals surface area contributed by atoms with Crippen molar-refractivity contribution >= 4 is 12.4 Å². The summed E-state index contributed by atoms with van der Waals surface area (Å²) < 4.78 is 11.1. The van der Waals surface area contributed by atoms with Gasteiger partial charge in [0.2, 0.25) is 0 Å². The van der Waals surface area contributed by atoms with Gasteiger partial charge in [-0.2, -0.15) is 0 Å². The van der Waals surface area contributed by atoms with Gasteiger partial charge in [0.05, 0.1) is 0 Å². The summed E-state index contributed by atoms with van der Waals surface area (Å²) in [4.78, 5) is 0. The maximum absolute atomic E-state index is 10.1. The van der Waals surface area contributed by atoms with Crippen LogP contribution in [0.3, 0.4) is 0 Å². The number of aryl methyl sites for hydroxylation is 3. The molecule has 1 aromatic carbocycles. The second kappa shape index (κ2) is 9.36. The second-order valence-corrected chi connectivity index (χ2v) is 5.99. The Balaban J connectivity index is 0.00000242. The van der Waals surface area contributed by atoms with E-state index in [0.717, 1.165) is 42.9 Å². The fraction of sp³-hybridized carbons (Fsp3) is 0.647. The monoisotopic (exact) mass is 329 g/mol. The Morgan fingerprint density at radius 2 is 1.82 bits per heavy atom. The lowest BCUT2D eigenvalue weighted by Gasteiger charge is -2.24. The van der Waals surface area contributed by atoms with E-state index in [4.69, 9.17) is 9.47 Å². The lowest BCUT2D eigenvalue weighted by atomic mass is 10.1. The fourth-order valence-corrected chi connectivity index (χ4v) is 2.84. The van der Waals surface area contributed by atoms with Gasteiger partial charge in [-0.1, -0.05) is 17.7 Å². The smallest absolute Gasteiger partial charge is 0.125 e. The van der Waals surface area contributed by atoms with Crippen LogP contribution in [0.2, 0.25) is 0 Å². The van der Waals surface area contributed by atoms with E-state index in [9.17, 15) is 5.11 Å². The predicted octanol–water partition coefficient (Wildman–Crippen LogP) is 2.54. The van der Waals surface area contributed by atoms with Crippen molar-refractivity contribution in [1.29, 1.82) is 0 Å². The Morgan fingerprint density at radius 3 is 2.41 bits per heavy atom. The molecule has 0 spiro atoms. The highest BCUT2D eigenvalue weighted by molar-refractivity contribution is 5.85. The highest BCUT2D eigenvalue weighted by Gasteiger charge is 2.15. The van der Waals surface area contributed by atoms with Crippen molar-refractivity contribution in [3.8, 4) is 5.75 Å². The van der Waals surface area contributed by atoms with E-state index in [0.29, 0.717) is 19.2 Å². The van der Waals surface area contributed by atoms with Gasteiger partial charge in [-0.05, 0) is 44.7 Å². The first-order chi connectivity index (χ1) is 10.1. The van der Waals surface area contributed by atoms with E-state index in [1.54, 1.807) is 0 Å². The van der Waals surface area contributed by atoms with Crippen LogP contribution in [0.4, 0.5) is 0 Å². The molecule has 1 saturated heterocycles. The SMILES string of the molecule is Cc1cc(C)c(OCC(O)CNC2CCOCC2)c(C)c1.Cl. The Morgan fingerprint density at radius 1 is 1.23 bits per heavy atom. The van der Waals surface area contributed by atoms with E-state index in [1.807, 2.05) is 13.8 Å². The summed E-state index contributed by atoms with van der Waals surface area (Å²) in [5, 5.41) is 13.4. The Kier molecular flexibility index (Phi) is 8.18. The summed E-state index contributed by atoms with van der Waals surface area (Å²) in [6.45, 7) is 8.67. The molecule has 0 bridgehead atoms. The number of hydrogen-bond acceptors (Lipinski definition) is 4. The van der Waals surface area contributed by atoms with Crippen LogP contribution in [-0.4, -0.2) is 43.6 Å². The molecule has 4 nitrogen and oxygen atoms in total. The molecule has 2 N–H and O–H groups in total. The third kappa shape index (κ3) is 5.76. The van der Waals surface area contributed by atoms with E-state index in [1.165, 1.54) is 5.56 Å². The zero-order chi connectivity index (χ0) is 15.2. The van der Waals surface area contributed by atoms with Gasteiger partial charge in [0, 0.05) is 25.8 Å². The Labute approximate surface area is 139 Å². The third-order valence-electron chi connectivity index (χ3n) is 3.89. The number of aliphatic hydroxyl groups is 1. The number of rotatable bonds is 6. The van der Waals surface area contributed by atoms with Crippen LogP contribution in [0.1, 0.15) is 29.5 Å². The highest BCUT2D eigenvalue weighted by Crippen LogP contribution is 2.24. The number of halogens is 1. The topological polar surface area (TPSA) is 50.7 Å². The lowest BCUT2D eigenvalue weighted by Crippen LogP contribution is -2.40. The predicted molar refractivity (Wildman–Crippen MR) is 91.2 cm³/mol. The maximum atomic E-state index is 10.1. The Hall–Kier alpha value is -0.810. The minimum absolute atomic E-state index is 0. The van der Waals surface area contributed by atoms with Crippen molar-refractivity contribution in [2.45, 2.75) is 45.8 Å². The molecule has 22 heavy (non-hydrogen) atoms. The number of benzene rings is 1. The maximum Gasteiger partial charge on any atom is 0.125 e. The van der Waals surface area contributed by atoms with Crippen LogP contribution < -0.4 is 10.1 Å². The zero-order valence-corrected chi connectivity index (χ0v) is 14.5. The largest absolute Gasteiger partial charge is 0.490 e. The van der Waals surface area contributed by atoms with E-state index in [-0.39, 0.29) is 12.4 Å². The van der Waals surface area contributed by atoms with Crippen LogP contribution in [0.25, 0.3) is 0 Å². The molecule has 0 saturated carbocycles. The average Bonchev–Trinajstić information content (AvgIpc) is 2.45. The van der Waals surface area contributed by atoms with Gasteiger partial charge in [0.15, 0.2) is 0 Å². The molecule has 1 fully saturated rings. The second-order valence-electron chi connectivity index (χ2n) is 5.99. The Bertz CT molecular complexity index is 438. The van der Waals surface area contributed by atoms with Gasteiger partial charge in [-0.3, -0.25) is 0 Å². The molecule has 126 valence electrons. The third-order valence-corrected chi connectivity index (χ3v) is 3.89. The standard InChI is InChI=1S/C17H27NO3.ClH/c1-12-8-13(2)17(14(3)9-12)21-11-16(19)10-18-15-4-6-20-7-5-15;/h8-9,15-16,18-19H,4-7,10-11H2,1-3H3;1H. The highest BCUT2D eigenvalue weighted by atomic mass is 35.5. The molecule has 1 aromatic rings. The molecule has 2 rings (SSSR count). The summed E-state index contributed by atoms with van der Waals surface area (Å²) in [7, 11) is 0. The molecule has 1 aliphatic rings. The van der Waals surface area contributed by atoms with Crippen LogP contribution >= 0.6 is 12.4 Å². The molecule has 1 heterocycles. The number of nitrogens with one attached hydrogen (secondary N) is 1. The number of hydrogen-bond donors (Lipinski definition) is 2. The van der Waals surface area contributed by atoms with Gasteiger partial charge in [0.25, 0.3) is 0 Å². The fourth-order valence-electron chi connectivity index (χ4n) is 2.84. The summed E-state index contributed by atoms with van der Waals surface area (Å²) in [6, 6.07) is 4.67. The van der Waals surface area contributed by atoms with Crippen LogP contribution in [0.15, 0.2) is 12.1 Å². The van der Waals surface area contributed by atoms with Crippen molar-refractivity contribution in [1.82, 2.24) is 5.32 Å². The first-order valence-electron chi connectivity index (χ1n) is 7.76. The van der Waals surface area contributed by atoms with Gasteiger partial charge in [-0.15, -0.1) is 12.4 Å². The molecule has 5 heteroatoms. The van der Waals surface area contributed by atoms with E-state index >= 15 is 0 Å². The first kappa shape index (κ1) is 19.2. The van der Waals surface area contributed by atoms with Gasteiger partial charge in [-0.25, -0.2) is 0 Å². The van der Waals surface area contributed by atoms with Crippen molar-refractivity contribution in [2.24, 2.45) is 0 Å². The quantitative estimate of drug-likeness (QED) is 0.842. The van der Waals surface area contributed by atoms with Crippen molar-refractivity contribution in [3.63, 3.8) is 0 Å². The minimum Gasteiger partial charge on any atom is -0.490 e. The average molecular weight is 330 g/mol. The minimum atomic E-state index is -0.493. The first-order valence-corrected chi connectivity index (χ1v) is 7.76. The van der Waals surface area contributed by atoms with Crippen molar-refractivity contribution in [3.05, 3.63) is 28.8 Å². The van der Waals surface area contributed by atoms with Crippen molar-refractivity contribution in [2.75, 3.05) is 26.4 Å². The lowest BCUT2D eigenvalue weighted by molar-refractivity contribution is 0.0653. The van der Waals surface area contributed by atoms with Gasteiger partial charge >= 0.3 is 0 Å². The van der Waals surface area contributed by atoms with Crippen LogP contribution in [-0.2, 0) is 4.74 Å². The van der Waals surface area contributed by atoms with E-state index < -0.39 is 6.10 Å². The summed E-state index contributed by atoms with van der Waals surface area (Å²) in [6.07, 6.45) is 1.54. The summed E-state index contributed by atoms with van der Waals surface area (Å²) >= 11 is 0. The van der Waals surface area contributed by atoms with E-state index in [2.05, 4.69) is 24.4 Å². The molecule has 0 amide bonds. The van der Waals surface area contributed by atoms with Gasteiger partial charge < -0.3 is 19.9 Å². The zero-order valence-electron chi connectivity index (χ0n) is 13.7. The molecule has 1 atom stereocenters. The molecule has 0 aliphatic carbocycles. The molecule has 1 unspecified atom stereocenters. The number of ether oxygens (including phenoxy) is 2. The molecule has 0 aromatic heterocycles. The molecular formula is C17H28ClNO3. The van der Waals surface area contributed by atoms with Crippen LogP contribution in [0, 0.1) is 20.8 Å². The van der Waals surface area contributed by atoms with Gasteiger partial charge in [0.1, 0.15) is 18.5 Å². The number of aliphatic hydroxyl groups excluding tert-OH is 1. The molecule has 1 aliphatic heterocycles. The van der Waals surface area contributed by atoms with Crippen LogP contribution in [0.5, 0.6) is 5.75 Å². The summed E-state index contributed by atoms with van der Waals surface area (Å²) in [5.74, 6) is 0.894. The molecule has 0 radical (unpaired) electrons. The molecular weight excluding hydrogens is 302 g/mol. The normalized spacial score (nSPS) is 16.9. The van der Waals surface area contributed by atoms with Crippen molar-refractivity contribution < 1.29 is 14.6 Å². The summed E-state index contributed by atoms with van der Waals surface area (Å²) in [5.41, 5.74) is 3.48.